The number of fused-ring (bicyclic) bond motifs is 1. The largest absolute Gasteiger partial charge is 0.491 e. The van der Waals surface area contributed by atoms with Crippen molar-refractivity contribution in [3.8, 4) is 5.75 Å². The molecule has 1 aliphatic heterocycles. The van der Waals surface area contributed by atoms with E-state index in [1.807, 2.05) is 5.32 Å². The van der Waals surface area contributed by atoms with Gasteiger partial charge in [0, 0.05) is 35.8 Å². The molecule has 0 radical (unpaired) electrons. The van der Waals surface area contributed by atoms with Gasteiger partial charge in [0.05, 0.1) is 5.56 Å². The number of hydrogen-bond donors (Lipinski definition) is 3. The highest BCUT2D eigenvalue weighted by atomic mass is 19.1. The van der Waals surface area contributed by atoms with Gasteiger partial charge in [0.15, 0.2) is 0 Å². The fourth-order valence-corrected chi connectivity index (χ4v) is 2.85. The van der Waals surface area contributed by atoms with E-state index in [4.69, 9.17) is 4.74 Å². The van der Waals surface area contributed by atoms with E-state index in [0.29, 0.717) is 11.4 Å². The van der Waals surface area contributed by atoms with Crippen LogP contribution in [0.4, 0.5) is 15.8 Å². The number of ether oxygens (including phenoxy) is 1. The Hall–Kier alpha value is -4.08. The van der Waals surface area contributed by atoms with Gasteiger partial charge in [-0.05, 0) is 30.3 Å². The standard InChI is InChI=1S/C21H18FN3O6/c22-8-9-31-14-3-1-2-12(10-14)23-17(26)6-7-18(27)24-13-4-5-15-16(11-13)19(28)21(30)25-20(15)29/h1-5,10-11H,6-9H2,(H,23,26)(H,24,27)(H,25,29,30). The summed E-state index contributed by atoms with van der Waals surface area (Å²) < 4.78 is 17.3. The van der Waals surface area contributed by atoms with Crippen molar-refractivity contribution in [1.82, 2.24) is 5.32 Å². The molecule has 0 aromatic heterocycles. The van der Waals surface area contributed by atoms with Crippen LogP contribution in [0.5, 0.6) is 5.75 Å². The predicted octanol–water partition coefficient (Wildman–Crippen LogP) is 1.84. The summed E-state index contributed by atoms with van der Waals surface area (Å²) in [7, 11) is 0. The van der Waals surface area contributed by atoms with E-state index >= 15 is 0 Å². The number of benzene rings is 2. The lowest BCUT2D eigenvalue weighted by Gasteiger charge is -2.15. The number of amides is 4. The Morgan fingerprint density at radius 1 is 0.871 bits per heavy atom. The van der Waals surface area contributed by atoms with Gasteiger partial charge in [-0.1, -0.05) is 6.07 Å². The van der Waals surface area contributed by atoms with Gasteiger partial charge in [0.1, 0.15) is 19.0 Å². The average molecular weight is 427 g/mol. The molecular weight excluding hydrogens is 409 g/mol. The van der Waals surface area contributed by atoms with Crippen LogP contribution < -0.4 is 20.7 Å². The number of anilines is 2. The summed E-state index contributed by atoms with van der Waals surface area (Å²) in [4.78, 5) is 59.3. The molecule has 31 heavy (non-hydrogen) atoms. The Morgan fingerprint density at radius 2 is 1.55 bits per heavy atom. The van der Waals surface area contributed by atoms with E-state index in [2.05, 4.69) is 10.6 Å². The van der Waals surface area contributed by atoms with Crippen LogP contribution in [0, 0.1) is 0 Å². The van der Waals surface area contributed by atoms with Crippen LogP contribution in [0.3, 0.4) is 0 Å². The molecule has 10 heteroatoms. The Balaban J connectivity index is 1.54. The fourth-order valence-electron chi connectivity index (χ4n) is 2.85. The minimum atomic E-state index is -1.03. The number of rotatable bonds is 8. The Morgan fingerprint density at radius 3 is 2.23 bits per heavy atom. The first-order chi connectivity index (χ1) is 14.9. The summed E-state index contributed by atoms with van der Waals surface area (Å²) >= 11 is 0. The number of alkyl halides is 1. The van der Waals surface area contributed by atoms with E-state index < -0.39 is 36.1 Å². The summed E-state index contributed by atoms with van der Waals surface area (Å²) in [5, 5.41) is 7.07. The second-order valence-corrected chi connectivity index (χ2v) is 6.53. The maximum atomic E-state index is 12.2. The van der Waals surface area contributed by atoms with Gasteiger partial charge in [-0.3, -0.25) is 29.3 Å². The van der Waals surface area contributed by atoms with E-state index in [-0.39, 0.29) is 36.3 Å². The van der Waals surface area contributed by atoms with Crippen LogP contribution >= 0.6 is 0 Å². The first kappa shape index (κ1) is 21.6. The lowest BCUT2D eigenvalue weighted by molar-refractivity contribution is -0.121. The summed E-state index contributed by atoms with van der Waals surface area (Å²) in [6.07, 6.45) is -0.263. The molecule has 3 rings (SSSR count). The minimum Gasteiger partial charge on any atom is -0.491 e. The minimum absolute atomic E-state index is 0.0414. The zero-order chi connectivity index (χ0) is 22.4. The van der Waals surface area contributed by atoms with E-state index in [1.54, 1.807) is 18.2 Å². The highest BCUT2D eigenvalue weighted by molar-refractivity contribution is 6.49. The molecule has 0 spiro atoms. The molecule has 3 N–H and O–H groups in total. The molecule has 2 aromatic rings. The van der Waals surface area contributed by atoms with Gasteiger partial charge in [0.2, 0.25) is 11.8 Å². The lowest BCUT2D eigenvalue weighted by Crippen LogP contribution is -2.42. The zero-order valence-electron chi connectivity index (χ0n) is 16.2. The molecule has 0 aliphatic carbocycles. The molecule has 9 nitrogen and oxygen atoms in total. The maximum Gasteiger partial charge on any atom is 0.299 e. The predicted molar refractivity (Wildman–Crippen MR) is 108 cm³/mol. The number of nitrogens with one attached hydrogen (secondary N) is 3. The van der Waals surface area contributed by atoms with Crippen LogP contribution in [0.1, 0.15) is 33.6 Å². The van der Waals surface area contributed by atoms with Crippen molar-refractivity contribution >= 4 is 40.8 Å². The van der Waals surface area contributed by atoms with E-state index in [9.17, 15) is 28.4 Å². The molecule has 0 saturated heterocycles. The van der Waals surface area contributed by atoms with Crippen molar-refractivity contribution in [2.75, 3.05) is 23.9 Å². The monoisotopic (exact) mass is 427 g/mol. The van der Waals surface area contributed by atoms with Gasteiger partial charge in [0.25, 0.3) is 17.6 Å². The SMILES string of the molecule is O=C(CCC(=O)Nc1ccc2c(c1)C(=O)C(=O)NC2=O)Nc1cccc(OCCF)c1. The fraction of sp³-hybridized carbons (Fsp3) is 0.190. The third-order valence-corrected chi connectivity index (χ3v) is 4.27. The van der Waals surface area contributed by atoms with Crippen molar-refractivity contribution in [3.63, 3.8) is 0 Å². The van der Waals surface area contributed by atoms with Crippen molar-refractivity contribution in [1.29, 1.82) is 0 Å². The Labute approximate surface area is 176 Å². The number of hydrogen-bond acceptors (Lipinski definition) is 6. The molecule has 4 amide bonds. The number of carbonyl (C=O) groups excluding carboxylic acids is 5. The lowest BCUT2D eigenvalue weighted by atomic mass is 9.98. The van der Waals surface area contributed by atoms with Crippen molar-refractivity contribution in [2.45, 2.75) is 12.8 Å². The van der Waals surface area contributed by atoms with Crippen LogP contribution in [-0.4, -0.2) is 42.7 Å². The number of ketones is 1. The quantitative estimate of drug-likeness (QED) is 0.435. The van der Waals surface area contributed by atoms with E-state index in [1.165, 1.54) is 24.3 Å². The third-order valence-electron chi connectivity index (χ3n) is 4.27. The molecule has 0 bridgehead atoms. The number of imide groups is 1. The third kappa shape index (κ3) is 5.50. The average Bonchev–Trinajstić information content (AvgIpc) is 2.75. The number of carbonyl (C=O) groups is 5. The number of Topliss-reactive ketones (excluding diaryl/α,β-unsaturated/α-hetero) is 1. The maximum absolute atomic E-state index is 12.2. The zero-order valence-corrected chi connectivity index (χ0v) is 16.2. The van der Waals surface area contributed by atoms with Gasteiger partial charge < -0.3 is 15.4 Å². The summed E-state index contributed by atoms with van der Waals surface area (Å²) in [6.45, 7) is -0.724. The molecular formula is C21H18FN3O6. The molecule has 1 aliphatic rings. The van der Waals surface area contributed by atoms with Crippen LogP contribution in [-0.2, 0) is 14.4 Å². The molecule has 0 saturated carbocycles. The van der Waals surface area contributed by atoms with Crippen LogP contribution in [0.15, 0.2) is 42.5 Å². The summed E-state index contributed by atoms with van der Waals surface area (Å²) in [5.41, 5.74) is 0.606. The second-order valence-electron chi connectivity index (χ2n) is 6.53. The highest BCUT2D eigenvalue weighted by Gasteiger charge is 2.30. The van der Waals surface area contributed by atoms with Crippen molar-refractivity contribution in [3.05, 3.63) is 53.6 Å². The first-order valence-corrected chi connectivity index (χ1v) is 9.30. The van der Waals surface area contributed by atoms with Gasteiger partial charge in [-0.25, -0.2) is 4.39 Å². The number of halogens is 1. The molecule has 160 valence electrons. The van der Waals surface area contributed by atoms with Crippen LogP contribution in [0.25, 0.3) is 0 Å². The van der Waals surface area contributed by atoms with E-state index in [0.717, 1.165) is 0 Å². The molecule has 2 aromatic carbocycles. The topological polar surface area (TPSA) is 131 Å². The van der Waals surface area contributed by atoms with Crippen molar-refractivity contribution < 1.29 is 33.1 Å². The first-order valence-electron chi connectivity index (χ1n) is 9.30. The molecule has 0 unspecified atom stereocenters. The molecule has 1 heterocycles. The van der Waals surface area contributed by atoms with Gasteiger partial charge in [-0.15, -0.1) is 0 Å². The smallest absolute Gasteiger partial charge is 0.299 e. The summed E-state index contributed by atoms with van der Waals surface area (Å²) in [6, 6.07) is 10.4. The molecule has 0 fully saturated rings. The van der Waals surface area contributed by atoms with Crippen molar-refractivity contribution in [2.24, 2.45) is 0 Å². The summed E-state index contributed by atoms with van der Waals surface area (Å²) in [5.74, 6) is -3.09. The highest BCUT2D eigenvalue weighted by Crippen LogP contribution is 2.20. The van der Waals surface area contributed by atoms with Gasteiger partial charge >= 0.3 is 0 Å². The normalized spacial score (nSPS) is 12.6. The second kappa shape index (κ2) is 9.61. The van der Waals surface area contributed by atoms with Gasteiger partial charge in [-0.2, -0.15) is 0 Å². The Bertz CT molecular complexity index is 1070. The van der Waals surface area contributed by atoms with Crippen LogP contribution in [0.2, 0.25) is 0 Å². The Kier molecular flexibility index (Phi) is 6.71. The molecule has 0 atom stereocenters.